The van der Waals surface area contributed by atoms with Crippen molar-refractivity contribution in [3.63, 3.8) is 0 Å². The standard InChI is InChI=1S/C17H26O2/c1-16(2,3)12-19-11-13-9-7-8-10-14(13)15(18)17(4,5)6/h7-10H,11-12H2,1-6H3. The first-order valence-electron chi connectivity index (χ1n) is 6.82. The van der Waals surface area contributed by atoms with Gasteiger partial charge < -0.3 is 4.74 Å². The van der Waals surface area contributed by atoms with Crippen molar-refractivity contribution < 1.29 is 9.53 Å². The fourth-order valence-electron chi connectivity index (χ4n) is 1.74. The molecule has 1 aromatic carbocycles. The molecule has 0 N–H and O–H groups in total. The van der Waals surface area contributed by atoms with Gasteiger partial charge in [0, 0.05) is 11.0 Å². The van der Waals surface area contributed by atoms with Gasteiger partial charge in [0.05, 0.1) is 13.2 Å². The van der Waals surface area contributed by atoms with Gasteiger partial charge in [-0.25, -0.2) is 0 Å². The smallest absolute Gasteiger partial charge is 0.168 e. The molecule has 0 atom stereocenters. The van der Waals surface area contributed by atoms with Crippen molar-refractivity contribution in [3.8, 4) is 0 Å². The minimum Gasteiger partial charge on any atom is -0.376 e. The highest BCUT2D eigenvalue weighted by atomic mass is 16.5. The van der Waals surface area contributed by atoms with E-state index in [0.29, 0.717) is 13.2 Å². The zero-order valence-corrected chi connectivity index (χ0v) is 13.0. The van der Waals surface area contributed by atoms with Crippen LogP contribution in [0.3, 0.4) is 0 Å². The predicted octanol–water partition coefficient (Wildman–Crippen LogP) is 4.48. The second-order valence-electron chi connectivity index (χ2n) is 7.29. The molecule has 0 saturated heterocycles. The molecule has 0 aliphatic carbocycles. The molecule has 0 saturated carbocycles. The van der Waals surface area contributed by atoms with Gasteiger partial charge in [-0.05, 0) is 11.0 Å². The van der Waals surface area contributed by atoms with Gasteiger partial charge in [0.15, 0.2) is 5.78 Å². The molecule has 0 aromatic heterocycles. The van der Waals surface area contributed by atoms with Gasteiger partial charge in [0.2, 0.25) is 0 Å². The molecule has 0 amide bonds. The summed E-state index contributed by atoms with van der Waals surface area (Å²) >= 11 is 0. The van der Waals surface area contributed by atoms with Gasteiger partial charge in [-0.2, -0.15) is 0 Å². The lowest BCUT2D eigenvalue weighted by molar-refractivity contribution is 0.0588. The largest absolute Gasteiger partial charge is 0.376 e. The van der Waals surface area contributed by atoms with E-state index in [1.54, 1.807) is 0 Å². The Kier molecular flexibility index (Phi) is 4.92. The van der Waals surface area contributed by atoms with E-state index in [1.807, 2.05) is 45.0 Å². The normalized spacial score (nSPS) is 12.5. The van der Waals surface area contributed by atoms with E-state index in [1.165, 1.54) is 0 Å². The molecule has 0 bridgehead atoms. The van der Waals surface area contributed by atoms with Crippen LogP contribution in [0.15, 0.2) is 24.3 Å². The van der Waals surface area contributed by atoms with Crippen LogP contribution in [0.1, 0.15) is 57.5 Å². The summed E-state index contributed by atoms with van der Waals surface area (Å²) in [5.74, 6) is 0.169. The Balaban J connectivity index is 2.83. The highest BCUT2D eigenvalue weighted by molar-refractivity contribution is 6.01. The molecule has 1 rings (SSSR count). The number of ketones is 1. The summed E-state index contributed by atoms with van der Waals surface area (Å²) in [6.45, 7) is 13.4. The van der Waals surface area contributed by atoms with Gasteiger partial charge in [0.25, 0.3) is 0 Å². The van der Waals surface area contributed by atoms with Crippen LogP contribution in [0.4, 0.5) is 0 Å². The van der Waals surface area contributed by atoms with Gasteiger partial charge >= 0.3 is 0 Å². The number of hydrogen-bond donors (Lipinski definition) is 0. The third-order valence-electron chi connectivity index (χ3n) is 2.74. The molecular weight excluding hydrogens is 236 g/mol. The maximum atomic E-state index is 12.4. The van der Waals surface area contributed by atoms with Crippen LogP contribution < -0.4 is 0 Å². The molecule has 0 unspecified atom stereocenters. The van der Waals surface area contributed by atoms with E-state index in [-0.39, 0.29) is 16.6 Å². The van der Waals surface area contributed by atoms with E-state index < -0.39 is 0 Å². The zero-order chi connectivity index (χ0) is 14.7. The fourth-order valence-corrected chi connectivity index (χ4v) is 1.74. The molecule has 0 aliphatic rings. The van der Waals surface area contributed by atoms with Crippen molar-refractivity contribution >= 4 is 5.78 Å². The molecule has 0 heterocycles. The van der Waals surface area contributed by atoms with Gasteiger partial charge in [0.1, 0.15) is 0 Å². The van der Waals surface area contributed by atoms with Crippen molar-refractivity contribution in [2.75, 3.05) is 6.61 Å². The van der Waals surface area contributed by atoms with Crippen LogP contribution in [-0.2, 0) is 11.3 Å². The van der Waals surface area contributed by atoms with E-state index in [4.69, 9.17) is 4.74 Å². The van der Waals surface area contributed by atoms with Crippen molar-refractivity contribution in [1.29, 1.82) is 0 Å². The Hall–Kier alpha value is -1.15. The molecule has 2 nitrogen and oxygen atoms in total. The van der Waals surface area contributed by atoms with E-state index in [2.05, 4.69) is 20.8 Å². The average molecular weight is 262 g/mol. The van der Waals surface area contributed by atoms with Crippen LogP contribution in [0.5, 0.6) is 0 Å². The molecular formula is C17H26O2. The molecule has 1 aromatic rings. The molecule has 0 aliphatic heterocycles. The summed E-state index contributed by atoms with van der Waals surface area (Å²) in [6.07, 6.45) is 0. The van der Waals surface area contributed by atoms with Crippen molar-refractivity contribution in [3.05, 3.63) is 35.4 Å². The van der Waals surface area contributed by atoms with Gasteiger partial charge in [-0.3, -0.25) is 4.79 Å². The van der Waals surface area contributed by atoms with Crippen molar-refractivity contribution in [2.45, 2.75) is 48.1 Å². The van der Waals surface area contributed by atoms with Crippen LogP contribution in [0.2, 0.25) is 0 Å². The topological polar surface area (TPSA) is 26.3 Å². The number of rotatable bonds is 4. The highest BCUT2D eigenvalue weighted by Crippen LogP contribution is 2.24. The number of hydrogen-bond acceptors (Lipinski definition) is 2. The van der Waals surface area contributed by atoms with E-state index >= 15 is 0 Å². The molecule has 2 heteroatoms. The lowest BCUT2D eigenvalue weighted by Gasteiger charge is -2.21. The Labute approximate surface area is 117 Å². The fraction of sp³-hybridized carbons (Fsp3) is 0.588. The first kappa shape index (κ1) is 15.9. The molecule has 19 heavy (non-hydrogen) atoms. The summed E-state index contributed by atoms with van der Waals surface area (Å²) in [5.41, 5.74) is 1.54. The van der Waals surface area contributed by atoms with E-state index in [9.17, 15) is 4.79 Å². The van der Waals surface area contributed by atoms with E-state index in [0.717, 1.165) is 11.1 Å². The van der Waals surface area contributed by atoms with Crippen LogP contribution in [-0.4, -0.2) is 12.4 Å². The zero-order valence-electron chi connectivity index (χ0n) is 13.0. The summed E-state index contributed by atoms with van der Waals surface area (Å²) < 4.78 is 5.74. The highest BCUT2D eigenvalue weighted by Gasteiger charge is 2.24. The number of benzene rings is 1. The lowest BCUT2D eigenvalue weighted by atomic mass is 9.85. The van der Waals surface area contributed by atoms with Gasteiger partial charge in [-0.15, -0.1) is 0 Å². The molecule has 0 fully saturated rings. The molecule has 0 spiro atoms. The summed E-state index contributed by atoms with van der Waals surface area (Å²) in [4.78, 5) is 12.4. The minimum absolute atomic E-state index is 0.142. The van der Waals surface area contributed by atoms with Crippen molar-refractivity contribution in [1.82, 2.24) is 0 Å². The minimum atomic E-state index is -0.361. The maximum absolute atomic E-state index is 12.4. The van der Waals surface area contributed by atoms with Gasteiger partial charge in [-0.1, -0.05) is 65.8 Å². The third-order valence-corrected chi connectivity index (χ3v) is 2.74. The van der Waals surface area contributed by atoms with Crippen LogP contribution in [0, 0.1) is 10.8 Å². The summed E-state index contributed by atoms with van der Waals surface area (Å²) in [5, 5.41) is 0. The van der Waals surface area contributed by atoms with Crippen molar-refractivity contribution in [2.24, 2.45) is 10.8 Å². The molecule has 0 radical (unpaired) electrons. The maximum Gasteiger partial charge on any atom is 0.168 e. The number of carbonyl (C=O) groups is 1. The first-order chi connectivity index (χ1) is 8.61. The summed E-state index contributed by atoms with van der Waals surface area (Å²) in [7, 11) is 0. The Bertz CT molecular complexity index is 433. The Morgan fingerprint density at radius 1 is 1.05 bits per heavy atom. The Morgan fingerprint density at radius 3 is 2.16 bits per heavy atom. The lowest BCUT2D eigenvalue weighted by Crippen LogP contribution is -2.22. The quantitative estimate of drug-likeness (QED) is 0.748. The number of carbonyl (C=O) groups excluding carboxylic acids is 1. The Morgan fingerprint density at radius 2 is 1.63 bits per heavy atom. The predicted molar refractivity (Wildman–Crippen MR) is 79.3 cm³/mol. The second-order valence-corrected chi connectivity index (χ2v) is 7.29. The molecule has 106 valence electrons. The monoisotopic (exact) mass is 262 g/mol. The second kappa shape index (κ2) is 5.87. The number of ether oxygens (including phenoxy) is 1. The SMILES string of the molecule is CC(C)(C)COCc1ccccc1C(=O)C(C)(C)C. The number of Topliss-reactive ketones (excluding diaryl/α,β-unsaturated/α-hetero) is 1. The van der Waals surface area contributed by atoms with Crippen LogP contribution >= 0.6 is 0 Å². The first-order valence-corrected chi connectivity index (χ1v) is 6.82. The average Bonchev–Trinajstić information content (AvgIpc) is 2.26. The third kappa shape index (κ3) is 5.15. The van der Waals surface area contributed by atoms with Crippen LogP contribution in [0.25, 0.3) is 0 Å². The summed E-state index contributed by atoms with van der Waals surface area (Å²) in [6, 6.07) is 7.73.